The Labute approximate surface area is 192 Å². The SMILES string of the molecule is CCCCCCCC(CCCCCCC)CC(=O)OCC(C)OC(=O)CCCN(C)C. The lowest BCUT2D eigenvalue weighted by molar-refractivity contribution is -0.158. The molecule has 184 valence electrons. The lowest BCUT2D eigenvalue weighted by Gasteiger charge is -2.18. The minimum Gasteiger partial charge on any atom is -0.462 e. The van der Waals surface area contributed by atoms with Crippen molar-refractivity contribution in [2.75, 3.05) is 27.2 Å². The van der Waals surface area contributed by atoms with E-state index in [0.29, 0.717) is 18.8 Å². The van der Waals surface area contributed by atoms with Crippen molar-refractivity contribution in [3.8, 4) is 0 Å². The van der Waals surface area contributed by atoms with Gasteiger partial charge in [0.15, 0.2) is 0 Å². The van der Waals surface area contributed by atoms with E-state index in [1.54, 1.807) is 6.92 Å². The third-order valence-corrected chi connectivity index (χ3v) is 5.69. The molecule has 1 unspecified atom stereocenters. The maximum absolute atomic E-state index is 12.4. The van der Waals surface area contributed by atoms with Crippen molar-refractivity contribution in [2.24, 2.45) is 5.92 Å². The first kappa shape index (κ1) is 29.9. The molecule has 5 heteroatoms. The number of unbranched alkanes of at least 4 members (excludes halogenated alkanes) is 8. The van der Waals surface area contributed by atoms with Gasteiger partial charge >= 0.3 is 11.9 Å². The zero-order valence-electron chi connectivity index (χ0n) is 21.3. The molecule has 0 N–H and O–H groups in total. The number of nitrogens with zero attached hydrogens (tertiary/aromatic N) is 1. The molecule has 31 heavy (non-hydrogen) atoms. The van der Waals surface area contributed by atoms with Crippen molar-refractivity contribution in [3.05, 3.63) is 0 Å². The Kier molecular flexibility index (Phi) is 20.0. The molecule has 5 nitrogen and oxygen atoms in total. The van der Waals surface area contributed by atoms with Crippen LogP contribution in [0.2, 0.25) is 0 Å². The van der Waals surface area contributed by atoms with Gasteiger partial charge in [0.1, 0.15) is 12.7 Å². The number of esters is 2. The minimum atomic E-state index is -0.391. The largest absolute Gasteiger partial charge is 0.462 e. The van der Waals surface area contributed by atoms with Crippen LogP contribution in [-0.4, -0.2) is 50.2 Å². The Morgan fingerprint density at radius 2 is 1.32 bits per heavy atom. The molecule has 0 spiro atoms. The van der Waals surface area contributed by atoms with Gasteiger partial charge in [0, 0.05) is 12.8 Å². The summed E-state index contributed by atoms with van der Waals surface area (Å²) in [5, 5.41) is 0. The molecule has 0 aromatic carbocycles. The minimum absolute atomic E-state index is 0.150. The van der Waals surface area contributed by atoms with Gasteiger partial charge in [-0.3, -0.25) is 9.59 Å². The first-order chi connectivity index (χ1) is 14.9. The van der Waals surface area contributed by atoms with Crippen molar-refractivity contribution in [1.82, 2.24) is 4.90 Å². The summed E-state index contributed by atoms with van der Waals surface area (Å²) >= 11 is 0. The number of carbonyl (C=O) groups is 2. The summed E-state index contributed by atoms with van der Waals surface area (Å²) < 4.78 is 10.8. The van der Waals surface area contributed by atoms with Gasteiger partial charge in [0.05, 0.1) is 0 Å². The van der Waals surface area contributed by atoms with Gasteiger partial charge < -0.3 is 14.4 Å². The molecule has 0 radical (unpaired) electrons. The first-order valence-electron chi connectivity index (χ1n) is 12.9. The van der Waals surface area contributed by atoms with Crippen LogP contribution in [0.15, 0.2) is 0 Å². The smallest absolute Gasteiger partial charge is 0.306 e. The van der Waals surface area contributed by atoms with Crippen LogP contribution in [-0.2, 0) is 19.1 Å². The highest BCUT2D eigenvalue weighted by molar-refractivity contribution is 5.70. The second-order valence-electron chi connectivity index (χ2n) is 9.37. The summed E-state index contributed by atoms with van der Waals surface area (Å²) in [6.45, 7) is 7.26. The summed E-state index contributed by atoms with van der Waals surface area (Å²) in [6.07, 6.45) is 16.1. The maximum atomic E-state index is 12.4. The molecule has 0 aromatic heterocycles. The molecule has 0 aromatic rings. The average Bonchev–Trinajstić information content (AvgIpc) is 2.71. The summed E-state index contributed by atoms with van der Waals surface area (Å²) in [4.78, 5) is 26.3. The Bertz CT molecular complexity index is 425. The molecule has 0 rings (SSSR count). The highest BCUT2D eigenvalue weighted by atomic mass is 16.6. The van der Waals surface area contributed by atoms with Crippen LogP contribution in [0.3, 0.4) is 0 Å². The zero-order chi connectivity index (χ0) is 23.3. The summed E-state index contributed by atoms with van der Waals surface area (Å²) in [5.41, 5.74) is 0. The van der Waals surface area contributed by atoms with Crippen LogP contribution in [0.4, 0.5) is 0 Å². The fourth-order valence-corrected chi connectivity index (χ4v) is 3.78. The van der Waals surface area contributed by atoms with Gasteiger partial charge in [-0.25, -0.2) is 0 Å². The van der Waals surface area contributed by atoms with Crippen LogP contribution in [0.25, 0.3) is 0 Å². The van der Waals surface area contributed by atoms with Crippen LogP contribution in [0.1, 0.15) is 117 Å². The van der Waals surface area contributed by atoms with Crippen LogP contribution in [0.5, 0.6) is 0 Å². The van der Waals surface area contributed by atoms with E-state index in [-0.39, 0.29) is 18.5 Å². The third kappa shape index (κ3) is 20.6. The van der Waals surface area contributed by atoms with E-state index in [0.717, 1.165) is 25.8 Å². The van der Waals surface area contributed by atoms with E-state index in [2.05, 4.69) is 13.8 Å². The Balaban J connectivity index is 4.21. The van der Waals surface area contributed by atoms with E-state index in [4.69, 9.17) is 9.47 Å². The number of hydrogen-bond acceptors (Lipinski definition) is 5. The number of hydrogen-bond donors (Lipinski definition) is 0. The van der Waals surface area contributed by atoms with Crippen LogP contribution in [0, 0.1) is 5.92 Å². The molecule has 0 saturated carbocycles. The topological polar surface area (TPSA) is 55.8 Å². The monoisotopic (exact) mass is 441 g/mol. The van der Waals surface area contributed by atoms with Gasteiger partial charge in [0.25, 0.3) is 0 Å². The van der Waals surface area contributed by atoms with E-state index in [1.807, 2.05) is 19.0 Å². The van der Waals surface area contributed by atoms with Crippen molar-refractivity contribution in [1.29, 1.82) is 0 Å². The number of carbonyl (C=O) groups excluding carboxylic acids is 2. The van der Waals surface area contributed by atoms with Gasteiger partial charge in [0.2, 0.25) is 0 Å². The van der Waals surface area contributed by atoms with Crippen molar-refractivity contribution >= 4 is 11.9 Å². The van der Waals surface area contributed by atoms with Crippen LogP contribution < -0.4 is 0 Å². The average molecular weight is 442 g/mol. The predicted molar refractivity (Wildman–Crippen MR) is 129 cm³/mol. The number of ether oxygens (including phenoxy) is 2. The highest BCUT2D eigenvalue weighted by Crippen LogP contribution is 2.22. The summed E-state index contributed by atoms with van der Waals surface area (Å²) in [7, 11) is 3.97. The molecule has 0 bridgehead atoms. The molecule has 0 aliphatic carbocycles. The van der Waals surface area contributed by atoms with Crippen molar-refractivity contribution < 1.29 is 19.1 Å². The van der Waals surface area contributed by atoms with E-state index >= 15 is 0 Å². The van der Waals surface area contributed by atoms with Gasteiger partial charge in [-0.15, -0.1) is 0 Å². The quantitative estimate of drug-likeness (QED) is 0.150. The van der Waals surface area contributed by atoms with Crippen molar-refractivity contribution in [3.63, 3.8) is 0 Å². The van der Waals surface area contributed by atoms with Crippen molar-refractivity contribution in [2.45, 2.75) is 123 Å². The van der Waals surface area contributed by atoms with Gasteiger partial charge in [-0.05, 0) is 52.7 Å². The molecule has 1 atom stereocenters. The second kappa shape index (κ2) is 20.8. The highest BCUT2D eigenvalue weighted by Gasteiger charge is 2.17. The standard InChI is InChI=1S/C26H51NO4/c1-6-8-10-12-14-17-24(18-15-13-11-9-7-2)21-26(29)30-22-23(3)31-25(28)19-16-20-27(4)5/h23-24H,6-22H2,1-5H3. The maximum Gasteiger partial charge on any atom is 0.306 e. The molecule has 0 aliphatic rings. The first-order valence-corrected chi connectivity index (χ1v) is 12.9. The predicted octanol–water partition coefficient (Wildman–Crippen LogP) is 6.53. The summed E-state index contributed by atoms with van der Waals surface area (Å²) in [5.74, 6) is 0.0460. The molecular weight excluding hydrogens is 390 g/mol. The Morgan fingerprint density at radius 1 is 0.774 bits per heavy atom. The molecule has 0 aliphatic heterocycles. The normalized spacial score (nSPS) is 12.4. The number of rotatable bonds is 21. The molecule has 0 saturated heterocycles. The fourth-order valence-electron chi connectivity index (χ4n) is 3.78. The molecular formula is C26H51NO4. The summed E-state index contributed by atoms with van der Waals surface area (Å²) in [6, 6.07) is 0. The molecule has 0 fully saturated rings. The van der Waals surface area contributed by atoms with Crippen LogP contribution >= 0.6 is 0 Å². The lowest BCUT2D eigenvalue weighted by atomic mass is 9.91. The molecule has 0 amide bonds. The Hall–Kier alpha value is -1.10. The zero-order valence-corrected chi connectivity index (χ0v) is 21.3. The fraction of sp³-hybridized carbons (Fsp3) is 0.923. The molecule has 0 heterocycles. The van der Waals surface area contributed by atoms with E-state index in [1.165, 1.54) is 64.2 Å². The third-order valence-electron chi connectivity index (χ3n) is 5.69. The van der Waals surface area contributed by atoms with E-state index in [9.17, 15) is 9.59 Å². The second-order valence-corrected chi connectivity index (χ2v) is 9.37. The lowest BCUT2D eigenvalue weighted by Crippen LogP contribution is -2.24. The van der Waals surface area contributed by atoms with Gasteiger partial charge in [-0.2, -0.15) is 0 Å². The van der Waals surface area contributed by atoms with Gasteiger partial charge in [-0.1, -0.05) is 78.1 Å². The van der Waals surface area contributed by atoms with E-state index < -0.39 is 6.10 Å². The Morgan fingerprint density at radius 3 is 1.84 bits per heavy atom.